The summed E-state index contributed by atoms with van der Waals surface area (Å²) in [4.78, 5) is 0. The van der Waals surface area contributed by atoms with Gasteiger partial charge in [0.1, 0.15) is 0 Å². The first-order chi connectivity index (χ1) is 5.74. The molecular formula is C12H32. The second kappa shape index (κ2) is 68.8. The fourth-order valence-electron chi connectivity index (χ4n) is 0. The lowest BCUT2D eigenvalue weighted by molar-refractivity contribution is 0.886. The van der Waals surface area contributed by atoms with E-state index in [0.29, 0.717) is 0 Å². The summed E-state index contributed by atoms with van der Waals surface area (Å²) in [5.41, 5.74) is 0. The zero-order valence-corrected chi connectivity index (χ0v) is 10.8. The zero-order chi connectivity index (χ0) is 10.8. The number of hydrogen-bond donors (Lipinski definition) is 0. The first-order valence-electron chi connectivity index (χ1n) is 5.74. The van der Waals surface area contributed by atoms with Gasteiger partial charge in [-0.15, -0.1) is 0 Å². The molecule has 0 saturated heterocycles. The highest BCUT2D eigenvalue weighted by molar-refractivity contribution is 4.12. The van der Waals surface area contributed by atoms with E-state index in [4.69, 9.17) is 0 Å². The first kappa shape index (κ1) is 22.7. The molecule has 0 aromatic rings. The van der Waals surface area contributed by atoms with Crippen molar-refractivity contribution in [2.75, 3.05) is 0 Å². The molecule has 0 unspecified atom stereocenters. The van der Waals surface area contributed by atoms with E-state index in [9.17, 15) is 0 Å². The van der Waals surface area contributed by atoms with E-state index in [-0.39, 0.29) is 0 Å². The van der Waals surface area contributed by atoms with Gasteiger partial charge in [-0.3, -0.25) is 0 Å². The van der Waals surface area contributed by atoms with Gasteiger partial charge in [-0.2, -0.15) is 0 Å². The summed E-state index contributed by atoms with van der Waals surface area (Å²) in [5, 5.41) is 0. The van der Waals surface area contributed by atoms with Crippen molar-refractivity contribution >= 4 is 0 Å². The van der Waals surface area contributed by atoms with Crippen molar-refractivity contribution in [2.24, 2.45) is 0 Å². The van der Waals surface area contributed by atoms with Gasteiger partial charge in [0.2, 0.25) is 0 Å². The normalized spacial score (nSPS) is 6.00. The Balaban J connectivity index is -0.0000000368. The first-order valence-corrected chi connectivity index (χ1v) is 5.74. The summed E-state index contributed by atoms with van der Waals surface area (Å²) < 4.78 is 0. The van der Waals surface area contributed by atoms with Gasteiger partial charge in [0, 0.05) is 0 Å². The van der Waals surface area contributed by atoms with Crippen LogP contribution in [0.3, 0.4) is 0 Å². The molecule has 0 aromatic heterocycles. The SMILES string of the molecule is CC.CCC.CCC.CCCC. The summed E-state index contributed by atoms with van der Waals surface area (Å²) in [6.07, 6.45) is 5.14. The molecule has 0 heteroatoms. The van der Waals surface area contributed by atoms with E-state index < -0.39 is 0 Å². The van der Waals surface area contributed by atoms with Crippen LogP contribution >= 0.6 is 0 Å². The van der Waals surface area contributed by atoms with E-state index in [2.05, 4.69) is 41.5 Å². The average molecular weight is 176 g/mol. The van der Waals surface area contributed by atoms with Crippen molar-refractivity contribution in [2.45, 2.75) is 81.1 Å². The molecule has 0 fully saturated rings. The maximum absolute atomic E-state index is 2.18. The van der Waals surface area contributed by atoms with Crippen LogP contribution in [-0.4, -0.2) is 0 Å². The van der Waals surface area contributed by atoms with Crippen LogP contribution in [0.25, 0.3) is 0 Å². The molecule has 0 N–H and O–H groups in total. The lowest BCUT2D eigenvalue weighted by Crippen LogP contribution is -1.47. The highest BCUT2D eigenvalue weighted by Crippen LogP contribution is 1.76. The minimum absolute atomic E-state index is 1.25. The molecule has 0 radical (unpaired) electrons. The van der Waals surface area contributed by atoms with Gasteiger partial charge in [-0.05, 0) is 0 Å². The van der Waals surface area contributed by atoms with Gasteiger partial charge in [-0.25, -0.2) is 0 Å². The van der Waals surface area contributed by atoms with Crippen LogP contribution in [0, 0.1) is 0 Å². The van der Waals surface area contributed by atoms with Crippen LogP contribution in [0.4, 0.5) is 0 Å². The molecule has 0 aliphatic heterocycles. The monoisotopic (exact) mass is 176 g/mol. The lowest BCUT2D eigenvalue weighted by Gasteiger charge is -1.68. The molecule has 0 aliphatic carbocycles. The third-order valence-corrected chi connectivity index (χ3v) is 0.500. The van der Waals surface area contributed by atoms with Gasteiger partial charge in [0.05, 0.1) is 0 Å². The van der Waals surface area contributed by atoms with E-state index in [1.54, 1.807) is 0 Å². The van der Waals surface area contributed by atoms with Crippen molar-refractivity contribution in [3.05, 3.63) is 0 Å². The summed E-state index contributed by atoms with van der Waals surface area (Å²) in [6, 6.07) is 0. The summed E-state index contributed by atoms with van der Waals surface area (Å²) in [7, 11) is 0. The molecule has 0 heterocycles. The van der Waals surface area contributed by atoms with Crippen molar-refractivity contribution in [3.63, 3.8) is 0 Å². The standard InChI is InChI=1S/C4H10.2C3H8.C2H6/c1-3-4-2;2*1-3-2;1-2/h3-4H2,1-2H3;2*3H2,1-2H3;1-2H3. The molecule has 0 aromatic carbocycles. The highest BCUT2D eigenvalue weighted by Gasteiger charge is 1.56. The molecule has 0 atom stereocenters. The minimum atomic E-state index is 1.25. The molecule has 0 aliphatic rings. The van der Waals surface area contributed by atoms with Crippen molar-refractivity contribution in [1.82, 2.24) is 0 Å². The molecule has 0 amide bonds. The molecule has 0 spiro atoms. The number of rotatable bonds is 1. The van der Waals surface area contributed by atoms with Gasteiger partial charge in [0.15, 0.2) is 0 Å². The van der Waals surface area contributed by atoms with Crippen molar-refractivity contribution in [3.8, 4) is 0 Å². The predicted octanol–water partition coefficient (Wildman–Crippen LogP) is 5.67. The maximum Gasteiger partial charge on any atom is -0.0564 e. The second-order valence-corrected chi connectivity index (χ2v) is 2.41. The van der Waals surface area contributed by atoms with Crippen LogP contribution in [-0.2, 0) is 0 Å². The zero-order valence-electron chi connectivity index (χ0n) is 10.8. The molecule has 0 nitrogen and oxygen atoms in total. The van der Waals surface area contributed by atoms with E-state index >= 15 is 0 Å². The molecule has 80 valence electrons. The van der Waals surface area contributed by atoms with Crippen LogP contribution in [0.2, 0.25) is 0 Å². The van der Waals surface area contributed by atoms with Gasteiger partial charge >= 0.3 is 0 Å². The summed E-state index contributed by atoms with van der Waals surface area (Å²) >= 11 is 0. The Hall–Kier alpha value is 0. The van der Waals surface area contributed by atoms with Gasteiger partial charge in [0.25, 0.3) is 0 Å². The summed E-state index contributed by atoms with van der Waals surface area (Å²) in [5.74, 6) is 0. The Morgan fingerprint density at radius 3 is 0.583 bits per heavy atom. The fourth-order valence-corrected chi connectivity index (χ4v) is 0. The lowest BCUT2D eigenvalue weighted by atomic mass is 10.4. The van der Waals surface area contributed by atoms with Crippen LogP contribution in [0.1, 0.15) is 81.1 Å². The largest absolute Gasteiger partial charge is 0.0683 e. The predicted molar refractivity (Wildman–Crippen MR) is 63.9 cm³/mol. The second-order valence-electron chi connectivity index (χ2n) is 2.41. The quantitative estimate of drug-likeness (QED) is 0.483. The molecule has 12 heavy (non-hydrogen) atoms. The van der Waals surface area contributed by atoms with E-state index in [1.807, 2.05) is 13.8 Å². The van der Waals surface area contributed by atoms with Crippen molar-refractivity contribution in [1.29, 1.82) is 0 Å². The van der Waals surface area contributed by atoms with Gasteiger partial charge in [-0.1, -0.05) is 81.1 Å². The third kappa shape index (κ3) is 810. The third-order valence-electron chi connectivity index (χ3n) is 0.500. The Kier molecular flexibility index (Phi) is 130. The topological polar surface area (TPSA) is 0 Å². The number of unbranched alkanes of at least 4 members (excludes halogenated alkanes) is 1. The maximum atomic E-state index is 2.18. The van der Waals surface area contributed by atoms with E-state index in [1.165, 1.54) is 25.7 Å². The fraction of sp³-hybridized carbons (Fsp3) is 1.00. The molecule has 0 saturated carbocycles. The minimum Gasteiger partial charge on any atom is -0.0683 e. The van der Waals surface area contributed by atoms with Crippen LogP contribution in [0.5, 0.6) is 0 Å². The number of hydrogen-bond acceptors (Lipinski definition) is 0. The highest BCUT2D eigenvalue weighted by atomic mass is 13.6. The molecule has 0 bridgehead atoms. The van der Waals surface area contributed by atoms with Crippen LogP contribution < -0.4 is 0 Å². The smallest absolute Gasteiger partial charge is 0.0564 e. The Morgan fingerprint density at radius 1 is 0.500 bits per heavy atom. The van der Waals surface area contributed by atoms with E-state index in [0.717, 1.165) is 0 Å². The Bertz CT molecular complexity index is 12.0. The van der Waals surface area contributed by atoms with Crippen molar-refractivity contribution < 1.29 is 0 Å². The molecular weight excluding hydrogens is 144 g/mol. The summed E-state index contributed by atoms with van der Waals surface area (Å²) in [6.45, 7) is 16.9. The van der Waals surface area contributed by atoms with Crippen LogP contribution in [0.15, 0.2) is 0 Å². The average Bonchev–Trinajstić information content (AvgIpc) is 2.10. The van der Waals surface area contributed by atoms with Gasteiger partial charge < -0.3 is 0 Å². The Labute approximate surface area is 81.8 Å². The Morgan fingerprint density at radius 2 is 0.583 bits per heavy atom. The molecule has 0 rings (SSSR count).